The quantitative estimate of drug-likeness (QED) is 0.824. The van der Waals surface area contributed by atoms with E-state index in [1.165, 1.54) is 0 Å². The van der Waals surface area contributed by atoms with Crippen LogP contribution in [0.25, 0.3) is 0 Å². The minimum Gasteiger partial charge on any atom is -0.495 e. The van der Waals surface area contributed by atoms with Gasteiger partial charge in [0.25, 0.3) is 0 Å². The van der Waals surface area contributed by atoms with Crippen molar-refractivity contribution in [2.24, 2.45) is 0 Å². The first-order valence-electron chi connectivity index (χ1n) is 7.44. The first-order valence-corrected chi connectivity index (χ1v) is 7.82. The van der Waals surface area contributed by atoms with Gasteiger partial charge in [0, 0.05) is 23.7 Å². The molecular formula is C18H21ClN2O2. The van der Waals surface area contributed by atoms with E-state index in [0.29, 0.717) is 29.4 Å². The van der Waals surface area contributed by atoms with Crippen LogP contribution in [0.2, 0.25) is 5.02 Å². The fourth-order valence-electron chi connectivity index (χ4n) is 2.16. The number of benzene rings is 2. The van der Waals surface area contributed by atoms with Crippen molar-refractivity contribution in [3.8, 4) is 5.75 Å². The highest BCUT2D eigenvalue weighted by Crippen LogP contribution is 2.25. The van der Waals surface area contributed by atoms with Crippen molar-refractivity contribution in [2.45, 2.75) is 20.3 Å². The van der Waals surface area contributed by atoms with Crippen LogP contribution in [-0.2, 0) is 4.79 Å². The molecule has 2 aromatic carbocycles. The van der Waals surface area contributed by atoms with E-state index in [0.717, 1.165) is 16.8 Å². The molecule has 23 heavy (non-hydrogen) atoms. The third-order valence-corrected chi connectivity index (χ3v) is 3.89. The summed E-state index contributed by atoms with van der Waals surface area (Å²) in [5.74, 6) is 0.585. The van der Waals surface area contributed by atoms with E-state index in [-0.39, 0.29) is 5.91 Å². The predicted molar refractivity (Wildman–Crippen MR) is 95.7 cm³/mol. The Morgan fingerprint density at radius 3 is 2.65 bits per heavy atom. The van der Waals surface area contributed by atoms with Crippen molar-refractivity contribution in [1.82, 2.24) is 0 Å². The molecule has 0 atom stereocenters. The van der Waals surface area contributed by atoms with Crippen molar-refractivity contribution in [2.75, 3.05) is 24.3 Å². The molecule has 2 aromatic rings. The van der Waals surface area contributed by atoms with Crippen LogP contribution in [0.15, 0.2) is 36.4 Å². The first-order chi connectivity index (χ1) is 11.0. The number of hydrogen-bond acceptors (Lipinski definition) is 3. The van der Waals surface area contributed by atoms with Gasteiger partial charge in [-0.2, -0.15) is 0 Å². The maximum Gasteiger partial charge on any atom is 0.226 e. The number of amides is 1. The lowest BCUT2D eigenvalue weighted by atomic mass is 10.2. The van der Waals surface area contributed by atoms with Gasteiger partial charge in [-0.15, -0.1) is 0 Å². The number of hydrogen-bond donors (Lipinski definition) is 2. The maximum atomic E-state index is 12.1. The second-order valence-electron chi connectivity index (χ2n) is 5.39. The smallest absolute Gasteiger partial charge is 0.226 e. The number of aryl methyl sites for hydroxylation is 2. The number of halogens is 1. The highest BCUT2D eigenvalue weighted by molar-refractivity contribution is 6.31. The average Bonchev–Trinajstić information content (AvgIpc) is 2.51. The molecule has 0 saturated carbocycles. The Hall–Kier alpha value is -2.20. The zero-order chi connectivity index (χ0) is 16.8. The number of nitrogens with one attached hydrogen (secondary N) is 2. The molecule has 2 rings (SSSR count). The number of ether oxygens (including phenoxy) is 1. The SMILES string of the molecule is COc1ccc(C)cc1NC(=O)CCNc1ccc(C)c(Cl)c1. The molecule has 0 aliphatic carbocycles. The molecule has 0 bridgehead atoms. The normalized spacial score (nSPS) is 10.3. The van der Waals surface area contributed by atoms with E-state index in [1.54, 1.807) is 7.11 Å². The van der Waals surface area contributed by atoms with Crippen molar-refractivity contribution in [3.05, 3.63) is 52.5 Å². The first kappa shape index (κ1) is 17.2. The Morgan fingerprint density at radius 2 is 1.96 bits per heavy atom. The Balaban J connectivity index is 1.88. The summed E-state index contributed by atoms with van der Waals surface area (Å²) in [6.45, 7) is 4.45. The molecule has 0 radical (unpaired) electrons. The molecule has 0 spiro atoms. The summed E-state index contributed by atoms with van der Waals surface area (Å²) in [5.41, 5.74) is 3.69. The van der Waals surface area contributed by atoms with Crippen LogP contribution in [0.1, 0.15) is 17.5 Å². The summed E-state index contributed by atoms with van der Waals surface area (Å²) in [6, 6.07) is 11.4. The Morgan fingerprint density at radius 1 is 1.17 bits per heavy atom. The molecule has 1 amide bonds. The van der Waals surface area contributed by atoms with Crippen LogP contribution in [0, 0.1) is 13.8 Å². The number of methoxy groups -OCH3 is 1. The van der Waals surface area contributed by atoms with E-state index in [2.05, 4.69) is 10.6 Å². The van der Waals surface area contributed by atoms with Crippen LogP contribution in [-0.4, -0.2) is 19.6 Å². The summed E-state index contributed by atoms with van der Waals surface area (Å²) in [4.78, 5) is 12.1. The second kappa shape index (κ2) is 7.88. The lowest BCUT2D eigenvalue weighted by Crippen LogP contribution is -2.16. The summed E-state index contributed by atoms with van der Waals surface area (Å²) in [5, 5.41) is 6.78. The van der Waals surface area contributed by atoms with Crippen LogP contribution in [0.5, 0.6) is 5.75 Å². The number of carbonyl (C=O) groups is 1. The Kier molecular flexibility index (Phi) is 5.88. The standard InChI is InChI=1S/C18H21ClN2O2/c1-12-4-7-17(23-3)16(10-12)21-18(22)8-9-20-14-6-5-13(2)15(19)11-14/h4-7,10-11,20H,8-9H2,1-3H3,(H,21,22). The van der Waals surface area contributed by atoms with Gasteiger partial charge in [-0.3, -0.25) is 4.79 Å². The molecule has 0 fully saturated rings. The summed E-state index contributed by atoms with van der Waals surface area (Å²) >= 11 is 6.08. The number of anilines is 2. The van der Waals surface area contributed by atoms with E-state index in [1.807, 2.05) is 50.2 Å². The largest absolute Gasteiger partial charge is 0.495 e. The zero-order valence-corrected chi connectivity index (χ0v) is 14.3. The van der Waals surface area contributed by atoms with Gasteiger partial charge in [-0.05, 0) is 49.2 Å². The van der Waals surface area contributed by atoms with E-state index in [9.17, 15) is 4.79 Å². The number of rotatable bonds is 6. The highest BCUT2D eigenvalue weighted by Gasteiger charge is 2.08. The lowest BCUT2D eigenvalue weighted by Gasteiger charge is -2.12. The van der Waals surface area contributed by atoms with Gasteiger partial charge in [0.1, 0.15) is 5.75 Å². The van der Waals surface area contributed by atoms with Gasteiger partial charge in [-0.25, -0.2) is 0 Å². The topological polar surface area (TPSA) is 50.4 Å². The van der Waals surface area contributed by atoms with Crippen molar-refractivity contribution in [1.29, 1.82) is 0 Å². The molecule has 0 saturated heterocycles. The minimum atomic E-state index is -0.0698. The molecule has 5 heteroatoms. The van der Waals surface area contributed by atoms with Crippen molar-refractivity contribution in [3.63, 3.8) is 0 Å². The van der Waals surface area contributed by atoms with Gasteiger partial charge in [0.15, 0.2) is 0 Å². The molecule has 4 nitrogen and oxygen atoms in total. The fourth-order valence-corrected chi connectivity index (χ4v) is 2.34. The van der Waals surface area contributed by atoms with Crippen LogP contribution in [0.3, 0.4) is 0 Å². The number of carbonyl (C=O) groups excluding carboxylic acids is 1. The monoisotopic (exact) mass is 332 g/mol. The van der Waals surface area contributed by atoms with Gasteiger partial charge < -0.3 is 15.4 Å². The Labute approximate surface area is 141 Å². The van der Waals surface area contributed by atoms with E-state index < -0.39 is 0 Å². The molecule has 122 valence electrons. The lowest BCUT2D eigenvalue weighted by molar-refractivity contribution is -0.115. The van der Waals surface area contributed by atoms with E-state index in [4.69, 9.17) is 16.3 Å². The average molecular weight is 333 g/mol. The molecule has 0 heterocycles. The summed E-state index contributed by atoms with van der Waals surface area (Å²) in [7, 11) is 1.59. The fraction of sp³-hybridized carbons (Fsp3) is 0.278. The minimum absolute atomic E-state index is 0.0698. The van der Waals surface area contributed by atoms with Gasteiger partial charge in [0.05, 0.1) is 12.8 Å². The Bertz CT molecular complexity index is 701. The highest BCUT2D eigenvalue weighted by atomic mass is 35.5. The molecule has 0 unspecified atom stereocenters. The van der Waals surface area contributed by atoms with Crippen LogP contribution in [0.4, 0.5) is 11.4 Å². The van der Waals surface area contributed by atoms with E-state index >= 15 is 0 Å². The third-order valence-electron chi connectivity index (χ3n) is 3.48. The predicted octanol–water partition coefficient (Wildman–Crippen LogP) is 4.41. The molecular weight excluding hydrogens is 312 g/mol. The van der Waals surface area contributed by atoms with Crippen LogP contribution < -0.4 is 15.4 Å². The van der Waals surface area contributed by atoms with Crippen LogP contribution >= 0.6 is 11.6 Å². The molecule has 0 aliphatic rings. The second-order valence-corrected chi connectivity index (χ2v) is 5.80. The van der Waals surface area contributed by atoms with Gasteiger partial charge in [0.2, 0.25) is 5.91 Å². The zero-order valence-electron chi connectivity index (χ0n) is 13.6. The summed E-state index contributed by atoms with van der Waals surface area (Å²) < 4.78 is 5.25. The van der Waals surface area contributed by atoms with Crippen molar-refractivity contribution < 1.29 is 9.53 Å². The molecule has 0 aliphatic heterocycles. The summed E-state index contributed by atoms with van der Waals surface area (Å²) in [6.07, 6.45) is 0.350. The maximum absolute atomic E-state index is 12.1. The van der Waals surface area contributed by atoms with Gasteiger partial charge >= 0.3 is 0 Å². The molecule has 2 N–H and O–H groups in total. The third kappa shape index (κ3) is 4.89. The van der Waals surface area contributed by atoms with Gasteiger partial charge in [-0.1, -0.05) is 23.7 Å². The van der Waals surface area contributed by atoms with Crippen molar-refractivity contribution >= 4 is 28.9 Å². The molecule has 0 aromatic heterocycles.